The van der Waals surface area contributed by atoms with E-state index in [1.165, 1.54) is 42.5 Å². The molecule has 0 saturated carbocycles. The average Bonchev–Trinajstić information content (AvgIpc) is 2.62. The number of carbonyl (C=O) groups is 2. The van der Waals surface area contributed by atoms with Gasteiger partial charge in [0.05, 0.1) is 19.2 Å². The zero-order valence-corrected chi connectivity index (χ0v) is 13.4. The first-order valence-corrected chi connectivity index (χ1v) is 7.20. The Morgan fingerprint density at radius 2 is 1.96 bits per heavy atom. The van der Waals surface area contributed by atoms with Gasteiger partial charge in [0.25, 0.3) is 5.91 Å². The molecule has 0 atom stereocenters. The third-order valence-electron chi connectivity index (χ3n) is 3.27. The Balaban J connectivity index is 1.90. The summed E-state index contributed by atoms with van der Waals surface area (Å²) in [4.78, 5) is 28.9. The summed E-state index contributed by atoms with van der Waals surface area (Å²) < 4.78 is 23.3. The third-order valence-corrected chi connectivity index (χ3v) is 3.27. The maximum absolute atomic E-state index is 13.4. The molecule has 0 saturated heterocycles. The molecule has 2 aromatic rings. The van der Waals surface area contributed by atoms with Crippen molar-refractivity contribution >= 4 is 11.9 Å². The number of likely N-dealkylation sites (N-methyl/N-ethyl adjacent to an activating group) is 1. The molecule has 126 valence electrons. The van der Waals surface area contributed by atoms with E-state index in [1.54, 1.807) is 19.2 Å². The minimum absolute atomic E-state index is 0.138. The monoisotopic (exact) mass is 332 g/mol. The Labute approximate surface area is 138 Å². The van der Waals surface area contributed by atoms with Gasteiger partial charge in [-0.1, -0.05) is 12.1 Å². The van der Waals surface area contributed by atoms with Gasteiger partial charge in [0.1, 0.15) is 12.3 Å². The number of ether oxygens (including phenoxy) is 2. The van der Waals surface area contributed by atoms with Crippen LogP contribution in [0.1, 0.15) is 20.8 Å². The quantitative estimate of drug-likeness (QED) is 0.758. The van der Waals surface area contributed by atoms with Crippen molar-refractivity contribution in [1.82, 2.24) is 9.88 Å². The van der Waals surface area contributed by atoms with Crippen LogP contribution in [0.3, 0.4) is 0 Å². The molecule has 1 aromatic carbocycles. The zero-order chi connectivity index (χ0) is 17.5. The fourth-order valence-corrected chi connectivity index (χ4v) is 1.91. The SMILES string of the molecule is COC(=O)c1ccc(C(=O)N(C)CCOc2ccccc2F)nc1. The van der Waals surface area contributed by atoms with Crippen LogP contribution in [0.25, 0.3) is 0 Å². The van der Waals surface area contributed by atoms with Crippen molar-refractivity contribution in [3.05, 3.63) is 59.7 Å². The molecule has 7 heteroatoms. The molecule has 0 fully saturated rings. The van der Waals surface area contributed by atoms with Crippen LogP contribution in [0.2, 0.25) is 0 Å². The Morgan fingerprint density at radius 1 is 1.21 bits per heavy atom. The number of para-hydroxylation sites is 1. The number of esters is 1. The Kier molecular flexibility index (Phi) is 5.83. The molecule has 0 radical (unpaired) electrons. The van der Waals surface area contributed by atoms with E-state index >= 15 is 0 Å². The van der Waals surface area contributed by atoms with Gasteiger partial charge in [-0.2, -0.15) is 0 Å². The maximum Gasteiger partial charge on any atom is 0.339 e. The van der Waals surface area contributed by atoms with Crippen LogP contribution in [0.5, 0.6) is 5.75 Å². The Hall–Kier alpha value is -2.96. The van der Waals surface area contributed by atoms with Crippen molar-refractivity contribution in [2.75, 3.05) is 27.3 Å². The van der Waals surface area contributed by atoms with Crippen LogP contribution in [0.15, 0.2) is 42.6 Å². The minimum atomic E-state index is -0.520. The second kappa shape index (κ2) is 8.05. The maximum atomic E-state index is 13.4. The highest BCUT2D eigenvalue weighted by molar-refractivity contribution is 5.94. The van der Waals surface area contributed by atoms with E-state index in [2.05, 4.69) is 9.72 Å². The van der Waals surface area contributed by atoms with Crippen LogP contribution in [-0.2, 0) is 4.74 Å². The summed E-state index contributed by atoms with van der Waals surface area (Å²) in [7, 11) is 2.85. The van der Waals surface area contributed by atoms with Crippen LogP contribution in [0.4, 0.5) is 4.39 Å². The predicted octanol–water partition coefficient (Wildman–Crippen LogP) is 2.16. The molecular formula is C17H17FN2O4. The number of aromatic nitrogens is 1. The van der Waals surface area contributed by atoms with Gasteiger partial charge < -0.3 is 14.4 Å². The molecule has 1 aromatic heterocycles. The molecule has 0 N–H and O–H groups in total. The van der Waals surface area contributed by atoms with Gasteiger partial charge in [0.2, 0.25) is 0 Å². The van der Waals surface area contributed by atoms with Gasteiger partial charge in [-0.05, 0) is 24.3 Å². The number of halogens is 1. The molecule has 2 rings (SSSR count). The van der Waals surface area contributed by atoms with Crippen molar-refractivity contribution in [2.45, 2.75) is 0 Å². The number of pyridine rings is 1. The van der Waals surface area contributed by atoms with Crippen molar-refractivity contribution in [2.24, 2.45) is 0 Å². The van der Waals surface area contributed by atoms with E-state index in [0.717, 1.165) is 0 Å². The van der Waals surface area contributed by atoms with Crippen LogP contribution < -0.4 is 4.74 Å². The normalized spacial score (nSPS) is 10.1. The Morgan fingerprint density at radius 3 is 2.58 bits per heavy atom. The first kappa shape index (κ1) is 17.4. The first-order chi connectivity index (χ1) is 11.5. The van der Waals surface area contributed by atoms with E-state index < -0.39 is 11.8 Å². The van der Waals surface area contributed by atoms with Gasteiger partial charge in [-0.25, -0.2) is 9.18 Å². The number of rotatable bonds is 6. The van der Waals surface area contributed by atoms with Crippen molar-refractivity contribution in [1.29, 1.82) is 0 Å². The van der Waals surface area contributed by atoms with E-state index in [0.29, 0.717) is 0 Å². The molecule has 0 spiro atoms. The number of methoxy groups -OCH3 is 1. The van der Waals surface area contributed by atoms with Gasteiger partial charge in [0, 0.05) is 13.2 Å². The second-order valence-electron chi connectivity index (χ2n) is 4.93. The molecule has 1 amide bonds. The van der Waals surface area contributed by atoms with Gasteiger partial charge in [-0.3, -0.25) is 9.78 Å². The number of hydrogen-bond donors (Lipinski definition) is 0. The molecule has 0 bridgehead atoms. The van der Waals surface area contributed by atoms with Gasteiger partial charge in [0.15, 0.2) is 11.6 Å². The number of hydrogen-bond acceptors (Lipinski definition) is 5. The number of amides is 1. The van der Waals surface area contributed by atoms with E-state index in [9.17, 15) is 14.0 Å². The fourth-order valence-electron chi connectivity index (χ4n) is 1.91. The average molecular weight is 332 g/mol. The first-order valence-electron chi connectivity index (χ1n) is 7.20. The number of nitrogens with zero attached hydrogens (tertiary/aromatic N) is 2. The third kappa shape index (κ3) is 4.28. The summed E-state index contributed by atoms with van der Waals surface area (Å²) in [6.45, 7) is 0.400. The van der Waals surface area contributed by atoms with Crippen molar-refractivity contribution < 1.29 is 23.5 Å². The fraction of sp³-hybridized carbons (Fsp3) is 0.235. The standard InChI is InChI=1S/C17H17FN2O4/c1-20(9-10-24-15-6-4-3-5-13(15)18)16(21)14-8-7-12(11-19-14)17(22)23-2/h3-8,11H,9-10H2,1-2H3. The topological polar surface area (TPSA) is 68.7 Å². The summed E-state index contributed by atoms with van der Waals surface area (Å²) in [5.41, 5.74) is 0.454. The highest BCUT2D eigenvalue weighted by atomic mass is 19.1. The molecule has 1 heterocycles. The summed E-state index contributed by atoms with van der Waals surface area (Å²) >= 11 is 0. The van der Waals surface area contributed by atoms with Gasteiger partial charge >= 0.3 is 5.97 Å². The molecule has 0 aliphatic carbocycles. The lowest BCUT2D eigenvalue weighted by atomic mass is 10.2. The van der Waals surface area contributed by atoms with Crippen molar-refractivity contribution in [3.8, 4) is 5.75 Å². The highest BCUT2D eigenvalue weighted by Gasteiger charge is 2.14. The molecule has 24 heavy (non-hydrogen) atoms. The molecule has 6 nitrogen and oxygen atoms in total. The van der Waals surface area contributed by atoms with Crippen LogP contribution >= 0.6 is 0 Å². The van der Waals surface area contributed by atoms with Gasteiger partial charge in [-0.15, -0.1) is 0 Å². The van der Waals surface area contributed by atoms with E-state index in [-0.39, 0.29) is 36.1 Å². The lowest BCUT2D eigenvalue weighted by Crippen LogP contribution is -2.31. The summed E-state index contributed by atoms with van der Waals surface area (Å²) in [5, 5.41) is 0. The van der Waals surface area contributed by atoms with E-state index in [1.807, 2.05) is 0 Å². The zero-order valence-electron chi connectivity index (χ0n) is 13.4. The smallest absolute Gasteiger partial charge is 0.339 e. The summed E-state index contributed by atoms with van der Waals surface area (Å²) in [5.74, 6) is -1.16. The highest BCUT2D eigenvalue weighted by Crippen LogP contribution is 2.15. The van der Waals surface area contributed by atoms with E-state index in [4.69, 9.17) is 4.74 Å². The molecule has 0 unspecified atom stereocenters. The number of benzene rings is 1. The lowest BCUT2D eigenvalue weighted by Gasteiger charge is -2.17. The van der Waals surface area contributed by atoms with Crippen molar-refractivity contribution in [3.63, 3.8) is 0 Å². The summed E-state index contributed by atoms with van der Waals surface area (Å²) in [6, 6.07) is 8.97. The lowest BCUT2D eigenvalue weighted by molar-refractivity contribution is 0.0599. The number of carbonyl (C=O) groups excluding carboxylic acids is 2. The minimum Gasteiger partial charge on any atom is -0.489 e. The predicted molar refractivity (Wildman–Crippen MR) is 84.4 cm³/mol. The largest absolute Gasteiger partial charge is 0.489 e. The Bertz CT molecular complexity index is 719. The summed E-state index contributed by atoms with van der Waals surface area (Å²) in [6.07, 6.45) is 1.28. The second-order valence-corrected chi connectivity index (χ2v) is 4.93. The molecular weight excluding hydrogens is 315 g/mol. The molecule has 0 aliphatic rings. The van der Waals surface area contributed by atoms with Crippen LogP contribution in [0, 0.1) is 5.82 Å². The van der Waals surface area contributed by atoms with Crippen LogP contribution in [-0.4, -0.2) is 49.1 Å². The molecule has 0 aliphatic heterocycles.